The van der Waals surface area contributed by atoms with Crippen LogP contribution >= 0.6 is 15.9 Å². The molecule has 2 rings (SSSR count). The molecule has 0 aromatic heterocycles. The number of likely N-dealkylation sites (tertiary alicyclic amines) is 1. The van der Waals surface area contributed by atoms with Crippen molar-refractivity contribution in [1.29, 1.82) is 0 Å². The summed E-state index contributed by atoms with van der Waals surface area (Å²) in [7, 11) is 0. The summed E-state index contributed by atoms with van der Waals surface area (Å²) in [6, 6.07) is 6.00. The number of hydrogen-bond donors (Lipinski definition) is 1. The predicted molar refractivity (Wildman–Crippen MR) is 88.0 cm³/mol. The van der Waals surface area contributed by atoms with Gasteiger partial charge in [0.05, 0.1) is 0 Å². The molecule has 0 bridgehead atoms. The van der Waals surface area contributed by atoms with E-state index in [-0.39, 0.29) is 6.04 Å². The molecule has 0 radical (unpaired) electrons. The molecule has 1 heterocycles. The van der Waals surface area contributed by atoms with Gasteiger partial charge in [-0.15, -0.1) is 0 Å². The van der Waals surface area contributed by atoms with Gasteiger partial charge >= 0.3 is 0 Å². The summed E-state index contributed by atoms with van der Waals surface area (Å²) >= 11 is 3.50. The van der Waals surface area contributed by atoms with Crippen molar-refractivity contribution >= 4 is 15.9 Å². The van der Waals surface area contributed by atoms with Crippen molar-refractivity contribution in [2.24, 2.45) is 11.8 Å². The van der Waals surface area contributed by atoms with Gasteiger partial charge in [0.15, 0.2) is 0 Å². The number of benzene rings is 1. The number of rotatable bonds is 3. The van der Waals surface area contributed by atoms with Gasteiger partial charge < -0.3 is 5.11 Å². The van der Waals surface area contributed by atoms with Crippen LogP contribution < -0.4 is 0 Å². The van der Waals surface area contributed by atoms with E-state index in [4.69, 9.17) is 0 Å². The summed E-state index contributed by atoms with van der Waals surface area (Å²) in [5.74, 6) is 2.04. The molecule has 0 amide bonds. The third-order valence-corrected chi connectivity index (χ3v) is 5.23. The number of nitrogens with zero attached hydrogens (tertiary/aromatic N) is 1. The fourth-order valence-corrected chi connectivity index (χ4v) is 3.63. The van der Waals surface area contributed by atoms with Crippen LogP contribution in [0.5, 0.6) is 5.75 Å². The van der Waals surface area contributed by atoms with Gasteiger partial charge in [-0.25, -0.2) is 0 Å². The molecule has 20 heavy (non-hydrogen) atoms. The summed E-state index contributed by atoms with van der Waals surface area (Å²) in [4.78, 5) is 2.52. The standard InChI is InChI=1S/C17H26BrNO/c1-12(2)14-5-4-9-19(10-8-14)13(3)16-11-15(18)6-7-17(16)20/h6-7,11-14,20H,4-5,8-10H2,1-3H3. The number of phenolic OH excluding ortho intramolecular Hbond substituents is 1. The van der Waals surface area contributed by atoms with E-state index >= 15 is 0 Å². The van der Waals surface area contributed by atoms with Gasteiger partial charge in [0.1, 0.15) is 5.75 Å². The Morgan fingerprint density at radius 1 is 1.20 bits per heavy atom. The van der Waals surface area contributed by atoms with Crippen molar-refractivity contribution in [3.8, 4) is 5.75 Å². The summed E-state index contributed by atoms with van der Waals surface area (Å²) in [6.07, 6.45) is 3.88. The Morgan fingerprint density at radius 3 is 2.65 bits per heavy atom. The van der Waals surface area contributed by atoms with Crippen LogP contribution in [0.4, 0.5) is 0 Å². The van der Waals surface area contributed by atoms with Gasteiger partial charge in [-0.1, -0.05) is 29.8 Å². The summed E-state index contributed by atoms with van der Waals surface area (Å²) in [6.45, 7) is 9.15. The molecular formula is C17H26BrNO. The largest absolute Gasteiger partial charge is 0.508 e. The van der Waals surface area contributed by atoms with E-state index in [1.165, 1.54) is 19.3 Å². The minimum atomic E-state index is 0.276. The van der Waals surface area contributed by atoms with E-state index < -0.39 is 0 Å². The lowest BCUT2D eigenvalue weighted by Crippen LogP contribution is -2.28. The molecule has 1 aliphatic heterocycles. The fraction of sp³-hybridized carbons (Fsp3) is 0.647. The molecule has 1 aromatic rings. The lowest BCUT2D eigenvalue weighted by atomic mass is 9.89. The molecule has 0 saturated carbocycles. The second-order valence-electron chi connectivity index (χ2n) is 6.35. The maximum absolute atomic E-state index is 10.1. The molecule has 0 spiro atoms. The highest BCUT2D eigenvalue weighted by atomic mass is 79.9. The molecule has 1 N–H and O–H groups in total. The predicted octanol–water partition coefficient (Wildman–Crippen LogP) is 4.97. The Kier molecular flexibility index (Phi) is 5.50. The molecule has 1 aliphatic rings. The molecule has 0 aliphatic carbocycles. The number of hydrogen-bond acceptors (Lipinski definition) is 2. The average Bonchev–Trinajstić information content (AvgIpc) is 2.66. The second kappa shape index (κ2) is 6.95. The van der Waals surface area contributed by atoms with Crippen LogP contribution in [-0.4, -0.2) is 23.1 Å². The van der Waals surface area contributed by atoms with Gasteiger partial charge in [0.2, 0.25) is 0 Å². The van der Waals surface area contributed by atoms with Crippen LogP contribution in [0.25, 0.3) is 0 Å². The summed E-state index contributed by atoms with van der Waals surface area (Å²) < 4.78 is 1.03. The maximum atomic E-state index is 10.1. The third-order valence-electron chi connectivity index (χ3n) is 4.74. The topological polar surface area (TPSA) is 23.5 Å². The highest BCUT2D eigenvalue weighted by molar-refractivity contribution is 9.10. The van der Waals surface area contributed by atoms with Gasteiger partial charge in [0.25, 0.3) is 0 Å². The van der Waals surface area contributed by atoms with Crippen molar-refractivity contribution in [3.63, 3.8) is 0 Å². The van der Waals surface area contributed by atoms with Crippen molar-refractivity contribution < 1.29 is 5.11 Å². The molecule has 112 valence electrons. The smallest absolute Gasteiger partial charge is 0.120 e. The van der Waals surface area contributed by atoms with Gasteiger partial charge in [0, 0.05) is 16.1 Å². The first-order chi connectivity index (χ1) is 9.49. The highest BCUT2D eigenvalue weighted by Gasteiger charge is 2.24. The highest BCUT2D eigenvalue weighted by Crippen LogP contribution is 2.33. The van der Waals surface area contributed by atoms with Gasteiger partial charge in [-0.05, 0) is 69.3 Å². The quantitative estimate of drug-likeness (QED) is 0.839. The first-order valence-electron chi connectivity index (χ1n) is 7.71. The molecular weight excluding hydrogens is 314 g/mol. The molecule has 1 saturated heterocycles. The van der Waals surface area contributed by atoms with Crippen LogP contribution in [0.2, 0.25) is 0 Å². The minimum Gasteiger partial charge on any atom is -0.508 e. The van der Waals surface area contributed by atoms with Crippen molar-refractivity contribution in [3.05, 3.63) is 28.2 Å². The minimum absolute atomic E-state index is 0.276. The van der Waals surface area contributed by atoms with E-state index in [1.807, 2.05) is 12.1 Å². The van der Waals surface area contributed by atoms with Crippen LogP contribution in [-0.2, 0) is 0 Å². The molecule has 2 atom stereocenters. The van der Waals surface area contributed by atoms with E-state index in [2.05, 4.69) is 41.6 Å². The van der Waals surface area contributed by atoms with Crippen molar-refractivity contribution in [2.45, 2.75) is 46.1 Å². The lowest BCUT2D eigenvalue weighted by Gasteiger charge is -2.29. The first-order valence-corrected chi connectivity index (χ1v) is 8.50. The SMILES string of the molecule is CC(C)C1CCCN(C(C)c2cc(Br)ccc2O)CC1. The lowest BCUT2D eigenvalue weighted by molar-refractivity contribution is 0.209. The average molecular weight is 340 g/mol. The Morgan fingerprint density at radius 2 is 1.95 bits per heavy atom. The monoisotopic (exact) mass is 339 g/mol. The molecule has 1 aromatic carbocycles. The summed E-state index contributed by atoms with van der Waals surface area (Å²) in [5.41, 5.74) is 1.03. The zero-order valence-corrected chi connectivity index (χ0v) is 14.4. The van der Waals surface area contributed by atoms with Gasteiger partial charge in [-0.3, -0.25) is 4.90 Å². The molecule has 3 heteroatoms. The van der Waals surface area contributed by atoms with Crippen LogP contribution in [0.1, 0.15) is 51.6 Å². The zero-order valence-electron chi connectivity index (χ0n) is 12.8. The number of aromatic hydroxyl groups is 1. The Bertz CT molecular complexity index is 447. The van der Waals surface area contributed by atoms with Gasteiger partial charge in [-0.2, -0.15) is 0 Å². The van der Waals surface area contributed by atoms with E-state index in [1.54, 1.807) is 6.07 Å². The Labute approximate surface area is 131 Å². The van der Waals surface area contributed by atoms with Crippen molar-refractivity contribution in [1.82, 2.24) is 4.90 Å². The van der Waals surface area contributed by atoms with E-state index in [9.17, 15) is 5.11 Å². The molecule has 1 fully saturated rings. The van der Waals surface area contributed by atoms with Crippen LogP contribution in [0.3, 0.4) is 0 Å². The zero-order chi connectivity index (χ0) is 14.7. The van der Waals surface area contributed by atoms with E-state index in [0.717, 1.165) is 35.0 Å². The third kappa shape index (κ3) is 3.76. The molecule has 2 unspecified atom stereocenters. The maximum Gasteiger partial charge on any atom is 0.120 e. The number of phenols is 1. The first kappa shape index (κ1) is 15.8. The Hall–Kier alpha value is -0.540. The van der Waals surface area contributed by atoms with E-state index in [0.29, 0.717) is 5.75 Å². The second-order valence-corrected chi connectivity index (χ2v) is 7.27. The fourth-order valence-electron chi connectivity index (χ4n) is 3.26. The Balaban J connectivity index is 2.09. The molecule has 2 nitrogen and oxygen atoms in total. The van der Waals surface area contributed by atoms with Crippen LogP contribution in [0, 0.1) is 11.8 Å². The normalized spacial score (nSPS) is 22.8. The number of halogens is 1. The van der Waals surface area contributed by atoms with Crippen molar-refractivity contribution in [2.75, 3.05) is 13.1 Å². The summed E-state index contributed by atoms with van der Waals surface area (Å²) in [5, 5.41) is 10.1. The van der Waals surface area contributed by atoms with Crippen LogP contribution in [0.15, 0.2) is 22.7 Å².